The Balaban J connectivity index is 2.53. The molecular weight excluding hydrogens is 206 g/mol. The monoisotopic (exact) mass is 221 g/mol. The second-order valence-electron chi connectivity index (χ2n) is 3.71. The first-order chi connectivity index (χ1) is 6.42. The zero-order chi connectivity index (χ0) is 10.8. The summed E-state index contributed by atoms with van der Waals surface area (Å²) in [5.41, 5.74) is 0. The molecule has 1 saturated heterocycles. The summed E-state index contributed by atoms with van der Waals surface area (Å²) < 4.78 is 24.5. The van der Waals surface area contributed by atoms with E-state index in [2.05, 4.69) is 0 Å². The van der Waals surface area contributed by atoms with Gasteiger partial charge in [0.15, 0.2) is 0 Å². The number of carboxylic acid groups (broad SMARTS) is 1. The van der Waals surface area contributed by atoms with Gasteiger partial charge in [0.1, 0.15) is 0 Å². The Hall–Kier alpha value is -0.620. The van der Waals surface area contributed by atoms with Crippen LogP contribution in [0.1, 0.15) is 19.8 Å². The van der Waals surface area contributed by atoms with Crippen LogP contribution in [-0.4, -0.2) is 42.6 Å². The molecule has 0 aliphatic carbocycles. The minimum atomic E-state index is -3.34. The first kappa shape index (κ1) is 11.5. The molecule has 0 aromatic heterocycles. The summed E-state index contributed by atoms with van der Waals surface area (Å²) in [5.74, 6) is -0.967. The zero-order valence-corrected chi connectivity index (χ0v) is 8.96. The van der Waals surface area contributed by atoms with E-state index in [-0.39, 0.29) is 12.2 Å². The van der Waals surface area contributed by atoms with Gasteiger partial charge in [0.25, 0.3) is 0 Å². The normalized spacial score (nSPS) is 23.9. The minimum Gasteiger partial charge on any atom is -0.481 e. The first-order valence-electron chi connectivity index (χ1n) is 4.61. The highest BCUT2D eigenvalue weighted by molar-refractivity contribution is 7.89. The maximum Gasteiger partial charge on any atom is 0.304 e. The Morgan fingerprint density at radius 1 is 1.57 bits per heavy atom. The lowest BCUT2D eigenvalue weighted by atomic mass is 10.2. The van der Waals surface area contributed by atoms with E-state index in [0.717, 1.165) is 6.42 Å². The van der Waals surface area contributed by atoms with Gasteiger partial charge in [-0.25, -0.2) is 12.7 Å². The number of carbonyl (C=O) groups is 1. The summed E-state index contributed by atoms with van der Waals surface area (Å²) in [7, 11) is -3.34. The van der Waals surface area contributed by atoms with Crippen LogP contribution in [0, 0.1) is 5.92 Å². The Morgan fingerprint density at radius 3 is 2.64 bits per heavy atom. The third-order valence-electron chi connectivity index (χ3n) is 2.35. The molecule has 0 spiro atoms. The van der Waals surface area contributed by atoms with Crippen molar-refractivity contribution >= 4 is 16.0 Å². The Labute approximate surface area is 83.8 Å². The molecule has 0 saturated carbocycles. The summed E-state index contributed by atoms with van der Waals surface area (Å²) in [6.07, 6.45) is 0.555. The van der Waals surface area contributed by atoms with Crippen LogP contribution in [0.5, 0.6) is 0 Å². The smallest absolute Gasteiger partial charge is 0.304 e. The molecular formula is C8H15NO4S. The van der Waals surface area contributed by atoms with E-state index in [1.807, 2.05) is 6.92 Å². The van der Waals surface area contributed by atoms with E-state index in [4.69, 9.17) is 5.11 Å². The van der Waals surface area contributed by atoms with Crippen molar-refractivity contribution in [2.45, 2.75) is 19.8 Å². The standard InChI is InChI=1S/C8H15NO4S/c1-7-2-4-9(6-7)14(12,13)5-3-8(10)11/h7H,2-6H2,1H3,(H,10,11). The average Bonchev–Trinajstić information content (AvgIpc) is 2.49. The number of hydrogen-bond donors (Lipinski definition) is 1. The summed E-state index contributed by atoms with van der Waals surface area (Å²) in [5, 5.41) is 8.39. The third kappa shape index (κ3) is 2.95. The number of rotatable bonds is 4. The summed E-state index contributed by atoms with van der Waals surface area (Å²) in [6.45, 7) is 3.05. The fourth-order valence-electron chi connectivity index (χ4n) is 1.49. The van der Waals surface area contributed by atoms with Crippen LogP contribution in [0.2, 0.25) is 0 Å². The molecule has 14 heavy (non-hydrogen) atoms. The molecule has 1 heterocycles. The van der Waals surface area contributed by atoms with Crippen molar-refractivity contribution in [1.29, 1.82) is 0 Å². The van der Waals surface area contributed by atoms with Gasteiger partial charge in [0.2, 0.25) is 10.0 Å². The van der Waals surface area contributed by atoms with Gasteiger partial charge in [-0.05, 0) is 12.3 Å². The van der Waals surface area contributed by atoms with Crippen LogP contribution in [0.25, 0.3) is 0 Å². The first-order valence-corrected chi connectivity index (χ1v) is 6.22. The number of carboxylic acids is 1. The highest BCUT2D eigenvalue weighted by Gasteiger charge is 2.29. The van der Waals surface area contributed by atoms with Gasteiger partial charge in [0, 0.05) is 13.1 Å². The molecule has 1 atom stereocenters. The third-order valence-corrected chi connectivity index (χ3v) is 4.19. The van der Waals surface area contributed by atoms with E-state index >= 15 is 0 Å². The Kier molecular flexibility index (Phi) is 3.49. The molecule has 1 unspecified atom stereocenters. The summed E-state index contributed by atoms with van der Waals surface area (Å²) in [4.78, 5) is 10.2. The van der Waals surface area contributed by atoms with Crippen LogP contribution >= 0.6 is 0 Å². The van der Waals surface area contributed by atoms with Crippen molar-refractivity contribution < 1.29 is 18.3 Å². The van der Waals surface area contributed by atoms with Crippen molar-refractivity contribution in [3.8, 4) is 0 Å². The lowest BCUT2D eigenvalue weighted by Crippen LogP contribution is -2.31. The van der Waals surface area contributed by atoms with Crippen LogP contribution in [-0.2, 0) is 14.8 Å². The molecule has 5 nitrogen and oxygen atoms in total. The van der Waals surface area contributed by atoms with Gasteiger partial charge in [-0.2, -0.15) is 0 Å². The molecule has 82 valence electrons. The van der Waals surface area contributed by atoms with Crippen molar-refractivity contribution in [3.63, 3.8) is 0 Å². The molecule has 0 amide bonds. The number of aliphatic carboxylic acids is 1. The molecule has 0 bridgehead atoms. The molecule has 1 fully saturated rings. The van der Waals surface area contributed by atoms with Crippen molar-refractivity contribution in [3.05, 3.63) is 0 Å². The Morgan fingerprint density at radius 2 is 2.21 bits per heavy atom. The Bertz CT molecular complexity index is 311. The number of sulfonamides is 1. The molecule has 0 aromatic carbocycles. The molecule has 1 aliphatic rings. The van der Waals surface area contributed by atoms with Gasteiger partial charge < -0.3 is 5.11 Å². The highest BCUT2D eigenvalue weighted by atomic mass is 32.2. The predicted octanol–water partition coefficient (Wildman–Crippen LogP) is 0.133. The lowest BCUT2D eigenvalue weighted by molar-refractivity contribution is -0.136. The maximum absolute atomic E-state index is 11.5. The van der Waals surface area contributed by atoms with E-state index in [1.165, 1.54) is 4.31 Å². The second kappa shape index (κ2) is 4.27. The summed E-state index contributed by atoms with van der Waals surface area (Å²) in [6, 6.07) is 0. The summed E-state index contributed by atoms with van der Waals surface area (Å²) >= 11 is 0. The molecule has 6 heteroatoms. The van der Waals surface area contributed by atoms with Crippen molar-refractivity contribution in [1.82, 2.24) is 4.31 Å². The van der Waals surface area contributed by atoms with Crippen molar-refractivity contribution in [2.75, 3.05) is 18.8 Å². The van der Waals surface area contributed by atoms with Gasteiger partial charge >= 0.3 is 5.97 Å². The van der Waals surface area contributed by atoms with Gasteiger partial charge in [0.05, 0.1) is 12.2 Å². The zero-order valence-electron chi connectivity index (χ0n) is 8.14. The van der Waals surface area contributed by atoms with Crippen LogP contribution in [0.4, 0.5) is 0 Å². The fourth-order valence-corrected chi connectivity index (χ4v) is 3.05. The molecule has 1 rings (SSSR count). The molecule has 0 aromatic rings. The number of hydrogen-bond acceptors (Lipinski definition) is 3. The minimum absolute atomic E-state index is 0.283. The maximum atomic E-state index is 11.5. The van der Waals surface area contributed by atoms with E-state index in [9.17, 15) is 13.2 Å². The molecule has 0 radical (unpaired) electrons. The van der Waals surface area contributed by atoms with Crippen LogP contribution in [0.3, 0.4) is 0 Å². The quantitative estimate of drug-likeness (QED) is 0.732. The largest absolute Gasteiger partial charge is 0.481 e. The van der Waals surface area contributed by atoms with E-state index in [0.29, 0.717) is 19.0 Å². The fraction of sp³-hybridized carbons (Fsp3) is 0.875. The van der Waals surface area contributed by atoms with Crippen LogP contribution < -0.4 is 0 Å². The highest BCUT2D eigenvalue weighted by Crippen LogP contribution is 2.19. The second-order valence-corrected chi connectivity index (χ2v) is 5.80. The SMILES string of the molecule is CC1CCN(S(=O)(=O)CCC(=O)O)C1. The van der Waals surface area contributed by atoms with Gasteiger partial charge in [-0.15, -0.1) is 0 Å². The van der Waals surface area contributed by atoms with E-state index in [1.54, 1.807) is 0 Å². The van der Waals surface area contributed by atoms with Crippen LogP contribution in [0.15, 0.2) is 0 Å². The predicted molar refractivity (Wildman–Crippen MR) is 51.4 cm³/mol. The average molecular weight is 221 g/mol. The van der Waals surface area contributed by atoms with Crippen molar-refractivity contribution in [2.24, 2.45) is 5.92 Å². The van der Waals surface area contributed by atoms with Gasteiger partial charge in [-0.3, -0.25) is 4.79 Å². The number of nitrogens with zero attached hydrogens (tertiary/aromatic N) is 1. The molecule has 1 aliphatic heterocycles. The van der Waals surface area contributed by atoms with Gasteiger partial charge in [-0.1, -0.05) is 6.92 Å². The topological polar surface area (TPSA) is 74.7 Å². The molecule has 1 N–H and O–H groups in total. The lowest BCUT2D eigenvalue weighted by Gasteiger charge is -2.14. The van der Waals surface area contributed by atoms with E-state index < -0.39 is 16.0 Å².